The van der Waals surface area contributed by atoms with Crippen LogP contribution in [0.25, 0.3) is 0 Å². The third kappa shape index (κ3) is 2.65. The molecule has 0 aliphatic carbocycles. The quantitative estimate of drug-likeness (QED) is 0.693. The maximum atomic E-state index is 11.4. The normalized spacial score (nSPS) is 25.7. The summed E-state index contributed by atoms with van der Waals surface area (Å²) in [7, 11) is 0.921. The van der Waals surface area contributed by atoms with E-state index in [0.29, 0.717) is 19.1 Å². The molecule has 1 heterocycles. The summed E-state index contributed by atoms with van der Waals surface area (Å²) in [6, 6.07) is 0.369. The van der Waals surface area contributed by atoms with Crippen molar-refractivity contribution >= 4 is 26.0 Å². The van der Waals surface area contributed by atoms with E-state index in [-0.39, 0.29) is 4.66 Å². The first-order valence-corrected chi connectivity index (χ1v) is 6.90. The van der Waals surface area contributed by atoms with Crippen molar-refractivity contribution in [2.75, 3.05) is 31.8 Å². The lowest BCUT2D eigenvalue weighted by Crippen LogP contribution is -2.34. The van der Waals surface area contributed by atoms with Gasteiger partial charge in [-0.25, -0.2) is 8.42 Å². The molecule has 6 heteroatoms. The number of rotatable bonds is 3. The van der Waals surface area contributed by atoms with Crippen molar-refractivity contribution in [1.82, 2.24) is 9.21 Å². The van der Waals surface area contributed by atoms with Crippen LogP contribution in [0.1, 0.15) is 6.42 Å². The molecule has 1 atom stereocenters. The molecular formula is C7H15BrN2O2S. The number of likely N-dealkylation sites (N-methyl/N-ethyl adjacent to an activating group) is 1. The molecule has 1 aliphatic rings. The van der Waals surface area contributed by atoms with Crippen molar-refractivity contribution in [2.45, 2.75) is 12.5 Å². The summed E-state index contributed by atoms with van der Waals surface area (Å²) in [4.78, 5) is 2.07. The molecule has 1 aliphatic heterocycles. The molecule has 0 N–H and O–H groups in total. The second-order valence-electron chi connectivity index (χ2n) is 3.49. The molecule has 0 aromatic carbocycles. The van der Waals surface area contributed by atoms with Crippen molar-refractivity contribution in [3.63, 3.8) is 0 Å². The Bertz CT molecular complexity index is 266. The second-order valence-corrected chi connectivity index (χ2v) is 6.76. The number of hydrogen-bond acceptors (Lipinski definition) is 3. The van der Waals surface area contributed by atoms with Gasteiger partial charge in [0, 0.05) is 19.1 Å². The van der Waals surface area contributed by atoms with Gasteiger partial charge in [0.1, 0.15) is 4.66 Å². The molecule has 13 heavy (non-hydrogen) atoms. The molecule has 0 spiro atoms. The zero-order valence-corrected chi connectivity index (χ0v) is 10.3. The zero-order chi connectivity index (χ0) is 10.1. The number of hydrogen-bond donors (Lipinski definition) is 0. The van der Waals surface area contributed by atoms with Gasteiger partial charge in [0.05, 0.1) is 0 Å². The highest BCUT2D eigenvalue weighted by Crippen LogP contribution is 2.17. The summed E-state index contributed by atoms with van der Waals surface area (Å²) >= 11 is 2.99. The van der Waals surface area contributed by atoms with E-state index in [0.717, 1.165) is 6.42 Å². The van der Waals surface area contributed by atoms with E-state index in [1.165, 1.54) is 0 Å². The van der Waals surface area contributed by atoms with Gasteiger partial charge in [0.15, 0.2) is 0 Å². The lowest BCUT2D eigenvalue weighted by atomic mass is 10.2. The molecule has 0 bridgehead atoms. The molecule has 0 aromatic rings. The predicted octanol–water partition coefficient (Wildman–Crippen LogP) is 0.305. The maximum Gasteiger partial charge on any atom is 0.224 e. The summed E-state index contributed by atoms with van der Waals surface area (Å²) in [6.07, 6.45) is 0.930. The Kier molecular flexibility index (Phi) is 3.73. The number of alkyl halides is 1. The Labute approximate surface area is 88.1 Å². The van der Waals surface area contributed by atoms with E-state index in [1.54, 1.807) is 4.31 Å². The fourth-order valence-corrected chi connectivity index (χ4v) is 3.24. The second kappa shape index (κ2) is 4.25. The lowest BCUT2D eigenvalue weighted by Gasteiger charge is -2.19. The molecule has 1 fully saturated rings. The van der Waals surface area contributed by atoms with Crippen LogP contribution in [0.15, 0.2) is 0 Å². The van der Waals surface area contributed by atoms with Crippen LogP contribution in [0.5, 0.6) is 0 Å². The summed E-state index contributed by atoms with van der Waals surface area (Å²) in [6.45, 7) is 1.28. The van der Waals surface area contributed by atoms with Crippen LogP contribution >= 0.6 is 15.9 Å². The highest BCUT2D eigenvalue weighted by molar-refractivity contribution is 9.10. The summed E-state index contributed by atoms with van der Waals surface area (Å²) in [5.74, 6) is 0. The average molecular weight is 271 g/mol. The fourth-order valence-electron chi connectivity index (χ4n) is 1.45. The molecule has 1 saturated heterocycles. The van der Waals surface area contributed by atoms with Crippen molar-refractivity contribution in [3.8, 4) is 0 Å². The van der Waals surface area contributed by atoms with E-state index >= 15 is 0 Å². The molecule has 1 unspecified atom stereocenters. The summed E-state index contributed by atoms with van der Waals surface area (Å²) in [5.41, 5.74) is 0. The minimum atomic E-state index is -3.04. The van der Waals surface area contributed by atoms with Gasteiger partial charge in [-0.1, -0.05) is 15.9 Å². The minimum absolute atomic E-state index is 0.0279. The van der Waals surface area contributed by atoms with Crippen molar-refractivity contribution in [2.24, 2.45) is 0 Å². The van der Waals surface area contributed by atoms with Crippen LogP contribution < -0.4 is 0 Å². The third-order valence-electron chi connectivity index (χ3n) is 2.39. The van der Waals surface area contributed by atoms with Crippen LogP contribution in [-0.4, -0.2) is 55.5 Å². The maximum absolute atomic E-state index is 11.4. The van der Waals surface area contributed by atoms with Gasteiger partial charge < -0.3 is 4.90 Å². The fraction of sp³-hybridized carbons (Fsp3) is 1.00. The van der Waals surface area contributed by atoms with E-state index in [1.807, 2.05) is 14.1 Å². The van der Waals surface area contributed by atoms with Gasteiger partial charge in [-0.3, -0.25) is 0 Å². The highest BCUT2D eigenvalue weighted by atomic mass is 79.9. The van der Waals surface area contributed by atoms with Crippen molar-refractivity contribution < 1.29 is 8.42 Å². The van der Waals surface area contributed by atoms with Gasteiger partial charge >= 0.3 is 0 Å². The SMILES string of the molecule is CN(C)C1CCN(S(=O)(=O)CBr)C1. The Morgan fingerprint density at radius 1 is 1.54 bits per heavy atom. The summed E-state index contributed by atoms with van der Waals surface area (Å²) < 4.78 is 24.4. The van der Waals surface area contributed by atoms with Crippen LogP contribution in [0.2, 0.25) is 0 Å². The molecule has 1 rings (SSSR count). The largest absolute Gasteiger partial charge is 0.305 e. The third-order valence-corrected chi connectivity index (χ3v) is 5.52. The average Bonchev–Trinajstić information content (AvgIpc) is 2.52. The highest BCUT2D eigenvalue weighted by Gasteiger charge is 2.31. The predicted molar refractivity (Wildman–Crippen MR) is 56.4 cm³/mol. The van der Waals surface area contributed by atoms with Gasteiger partial charge in [-0.15, -0.1) is 0 Å². The monoisotopic (exact) mass is 270 g/mol. The first-order valence-electron chi connectivity index (χ1n) is 4.17. The molecule has 0 aromatic heterocycles. The minimum Gasteiger partial charge on any atom is -0.305 e. The molecule has 4 nitrogen and oxygen atoms in total. The van der Waals surface area contributed by atoms with Gasteiger partial charge in [0.2, 0.25) is 10.0 Å². The van der Waals surface area contributed by atoms with Crippen molar-refractivity contribution in [1.29, 1.82) is 0 Å². The van der Waals surface area contributed by atoms with E-state index < -0.39 is 10.0 Å². The molecule has 78 valence electrons. The van der Waals surface area contributed by atoms with E-state index in [4.69, 9.17) is 0 Å². The van der Waals surface area contributed by atoms with Gasteiger partial charge in [-0.2, -0.15) is 4.31 Å². The van der Waals surface area contributed by atoms with Crippen LogP contribution in [0.3, 0.4) is 0 Å². The Balaban J connectivity index is 2.60. The van der Waals surface area contributed by atoms with Crippen molar-refractivity contribution in [3.05, 3.63) is 0 Å². The Morgan fingerprint density at radius 2 is 2.15 bits per heavy atom. The standard InChI is InChI=1S/C7H15BrN2O2S/c1-9(2)7-3-4-10(5-7)13(11,12)6-8/h7H,3-6H2,1-2H3. The molecule has 0 amide bonds. The number of sulfonamides is 1. The van der Waals surface area contributed by atoms with E-state index in [2.05, 4.69) is 20.8 Å². The number of halogens is 1. The van der Waals surface area contributed by atoms with Gasteiger partial charge in [0.25, 0.3) is 0 Å². The van der Waals surface area contributed by atoms with Crippen LogP contribution in [0.4, 0.5) is 0 Å². The molecular weight excluding hydrogens is 256 g/mol. The first kappa shape index (κ1) is 11.4. The van der Waals surface area contributed by atoms with Gasteiger partial charge in [-0.05, 0) is 20.5 Å². The first-order chi connectivity index (χ1) is 5.97. The Hall–Kier alpha value is 0.350. The molecule has 0 radical (unpaired) electrons. The van der Waals surface area contributed by atoms with Crippen LogP contribution in [-0.2, 0) is 10.0 Å². The molecule has 0 saturated carbocycles. The Morgan fingerprint density at radius 3 is 2.54 bits per heavy atom. The number of nitrogens with zero attached hydrogens (tertiary/aromatic N) is 2. The topological polar surface area (TPSA) is 40.6 Å². The zero-order valence-electron chi connectivity index (χ0n) is 7.90. The smallest absolute Gasteiger partial charge is 0.224 e. The summed E-state index contributed by atoms with van der Waals surface area (Å²) in [5, 5.41) is 0. The van der Waals surface area contributed by atoms with E-state index in [9.17, 15) is 8.42 Å². The lowest BCUT2D eigenvalue weighted by molar-refractivity contribution is 0.302. The van der Waals surface area contributed by atoms with Crippen LogP contribution in [0, 0.1) is 0 Å².